The smallest absolute Gasteiger partial charge is 0.226 e. The summed E-state index contributed by atoms with van der Waals surface area (Å²) in [6.45, 7) is 1.69. The number of amides is 1. The van der Waals surface area contributed by atoms with Gasteiger partial charge in [-0.2, -0.15) is 0 Å². The third-order valence-corrected chi connectivity index (χ3v) is 4.72. The molecule has 0 atom stereocenters. The molecule has 0 fully saturated rings. The molecule has 1 heterocycles. The lowest BCUT2D eigenvalue weighted by Crippen LogP contribution is -2.26. The van der Waals surface area contributed by atoms with E-state index < -0.39 is 0 Å². The largest absolute Gasteiger partial charge is 0.455 e. The van der Waals surface area contributed by atoms with Crippen molar-refractivity contribution in [3.63, 3.8) is 0 Å². The topological polar surface area (TPSA) is 41.6 Å². The monoisotopic (exact) mass is 358 g/mol. The fraction of sp³-hybridized carbons (Fsp3) is 0.174. The van der Waals surface area contributed by atoms with Crippen LogP contribution in [0.25, 0.3) is 0 Å². The maximum absolute atomic E-state index is 12.5. The average molecular weight is 358 g/mol. The zero-order valence-electron chi connectivity index (χ0n) is 15.1. The van der Waals surface area contributed by atoms with Gasteiger partial charge in [-0.1, -0.05) is 48.5 Å². The molecule has 0 unspecified atom stereocenters. The summed E-state index contributed by atoms with van der Waals surface area (Å²) in [4.78, 5) is 14.8. The summed E-state index contributed by atoms with van der Waals surface area (Å²) in [5, 5.41) is 2.99. The van der Waals surface area contributed by atoms with Gasteiger partial charge in [0.25, 0.3) is 0 Å². The van der Waals surface area contributed by atoms with E-state index >= 15 is 0 Å². The molecule has 1 N–H and O–H groups in total. The highest BCUT2D eigenvalue weighted by Crippen LogP contribution is 2.30. The SMILES string of the molecule is O=C(CCN1CCc2ccccc21)Nc1ccccc1Oc1ccccc1. The predicted molar refractivity (Wildman–Crippen MR) is 109 cm³/mol. The quantitative estimate of drug-likeness (QED) is 0.683. The zero-order chi connectivity index (χ0) is 18.5. The number of hydrogen-bond donors (Lipinski definition) is 1. The zero-order valence-corrected chi connectivity index (χ0v) is 15.1. The van der Waals surface area contributed by atoms with Gasteiger partial charge in [0.05, 0.1) is 5.69 Å². The first-order valence-corrected chi connectivity index (χ1v) is 9.24. The van der Waals surface area contributed by atoms with Gasteiger partial charge in [-0.15, -0.1) is 0 Å². The Hall–Kier alpha value is -3.27. The van der Waals surface area contributed by atoms with E-state index in [1.807, 2.05) is 60.7 Å². The Kier molecular flexibility index (Phi) is 5.06. The molecule has 3 aromatic rings. The van der Waals surface area contributed by atoms with Crippen molar-refractivity contribution >= 4 is 17.3 Å². The van der Waals surface area contributed by atoms with Crippen molar-refractivity contribution in [3.8, 4) is 11.5 Å². The number of hydrogen-bond acceptors (Lipinski definition) is 3. The molecule has 1 aliphatic heterocycles. The van der Waals surface area contributed by atoms with Crippen LogP contribution in [0.3, 0.4) is 0 Å². The Labute approximate surface area is 159 Å². The molecule has 4 heteroatoms. The molecule has 0 radical (unpaired) electrons. The van der Waals surface area contributed by atoms with Gasteiger partial charge in [-0.3, -0.25) is 4.79 Å². The lowest BCUT2D eigenvalue weighted by atomic mass is 10.2. The number of fused-ring (bicyclic) bond motifs is 1. The van der Waals surface area contributed by atoms with Crippen molar-refractivity contribution in [2.75, 3.05) is 23.3 Å². The molecule has 27 heavy (non-hydrogen) atoms. The van der Waals surface area contributed by atoms with Crippen LogP contribution in [0.1, 0.15) is 12.0 Å². The van der Waals surface area contributed by atoms with Crippen LogP contribution in [0.5, 0.6) is 11.5 Å². The minimum atomic E-state index is -0.0107. The van der Waals surface area contributed by atoms with Crippen molar-refractivity contribution in [1.82, 2.24) is 0 Å². The van der Waals surface area contributed by atoms with Gasteiger partial charge >= 0.3 is 0 Å². The van der Waals surface area contributed by atoms with E-state index in [9.17, 15) is 4.79 Å². The second-order valence-corrected chi connectivity index (χ2v) is 6.58. The Morgan fingerprint density at radius 1 is 0.926 bits per heavy atom. The predicted octanol–water partition coefficient (Wildman–Crippen LogP) is 4.87. The third-order valence-electron chi connectivity index (χ3n) is 4.72. The second-order valence-electron chi connectivity index (χ2n) is 6.58. The van der Waals surface area contributed by atoms with Crippen LogP contribution in [0, 0.1) is 0 Å². The Morgan fingerprint density at radius 3 is 2.56 bits per heavy atom. The van der Waals surface area contributed by atoms with Gasteiger partial charge in [0.1, 0.15) is 5.75 Å². The van der Waals surface area contributed by atoms with E-state index in [0.717, 1.165) is 18.7 Å². The molecule has 136 valence electrons. The Morgan fingerprint density at radius 2 is 1.67 bits per heavy atom. The number of rotatable bonds is 6. The standard InChI is InChI=1S/C23H22N2O2/c26-23(15-17-25-16-14-18-8-4-6-12-21(18)25)24-20-11-5-7-13-22(20)27-19-9-2-1-3-10-19/h1-13H,14-17H2,(H,24,26). The maximum atomic E-state index is 12.5. The van der Waals surface area contributed by atoms with Crippen molar-refractivity contribution in [1.29, 1.82) is 0 Å². The Balaban J connectivity index is 1.38. The fourth-order valence-corrected chi connectivity index (χ4v) is 3.36. The summed E-state index contributed by atoms with van der Waals surface area (Å²) in [5.41, 5.74) is 3.30. The first-order chi connectivity index (χ1) is 13.3. The van der Waals surface area contributed by atoms with Crippen LogP contribution in [-0.2, 0) is 11.2 Å². The van der Waals surface area contributed by atoms with Gasteiger partial charge in [0, 0.05) is 25.2 Å². The van der Waals surface area contributed by atoms with E-state index in [4.69, 9.17) is 4.74 Å². The number of benzene rings is 3. The van der Waals surface area contributed by atoms with E-state index in [0.29, 0.717) is 24.4 Å². The molecule has 1 amide bonds. The fourth-order valence-electron chi connectivity index (χ4n) is 3.36. The minimum absolute atomic E-state index is 0.0107. The molecular formula is C23H22N2O2. The molecule has 0 aromatic heterocycles. The lowest BCUT2D eigenvalue weighted by Gasteiger charge is -2.19. The van der Waals surface area contributed by atoms with Gasteiger partial charge in [0.15, 0.2) is 5.75 Å². The van der Waals surface area contributed by atoms with Crippen molar-refractivity contribution in [2.45, 2.75) is 12.8 Å². The molecule has 0 spiro atoms. The molecule has 4 rings (SSSR count). The average Bonchev–Trinajstić information content (AvgIpc) is 3.12. The van der Waals surface area contributed by atoms with Crippen molar-refractivity contribution in [2.24, 2.45) is 0 Å². The van der Waals surface area contributed by atoms with Crippen molar-refractivity contribution < 1.29 is 9.53 Å². The number of carbonyl (C=O) groups excluding carboxylic acids is 1. The van der Waals surface area contributed by atoms with E-state index in [1.165, 1.54) is 11.3 Å². The number of nitrogens with one attached hydrogen (secondary N) is 1. The normalized spacial score (nSPS) is 12.5. The highest BCUT2D eigenvalue weighted by atomic mass is 16.5. The third kappa shape index (κ3) is 4.11. The minimum Gasteiger partial charge on any atom is -0.455 e. The van der Waals surface area contributed by atoms with Crippen LogP contribution in [0.4, 0.5) is 11.4 Å². The molecule has 0 bridgehead atoms. The van der Waals surface area contributed by atoms with Gasteiger partial charge < -0.3 is 15.0 Å². The number of anilines is 2. The number of carbonyl (C=O) groups is 1. The van der Waals surface area contributed by atoms with Gasteiger partial charge in [-0.25, -0.2) is 0 Å². The van der Waals surface area contributed by atoms with Crippen molar-refractivity contribution in [3.05, 3.63) is 84.4 Å². The van der Waals surface area contributed by atoms with E-state index in [2.05, 4.69) is 28.4 Å². The maximum Gasteiger partial charge on any atom is 0.226 e. The highest BCUT2D eigenvalue weighted by Gasteiger charge is 2.19. The highest BCUT2D eigenvalue weighted by molar-refractivity contribution is 5.92. The summed E-state index contributed by atoms with van der Waals surface area (Å²) in [5.74, 6) is 1.37. The molecular weight excluding hydrogens is 336 g/mol. The molecule has 4 nitrogen and oxygen atoms in total. The van der Waals surface area contributed by atoms with Crippen LogP contribution in [-0.4, -0.2) is 19.0 Å². The second kappa shape index (κ2) is 7.96. The van der Waals surface area contributed by atoms with Crippen LogP contribution in [0.15, 0.2) is 78.9 Å². The first-order valence-electron chi connectivity index (χ1n) is 9.24. The summed E-state index contributed by atoms with van der Waals surface area (Å²) >= 11 is 0. The molecule has 0 aliphatic carbocycles. The summed E-state index contributed by atoms with van der Waals surface area (Å²) in [6, 6.07) is 25.5. The molecule has 0 saturated carbocycles. The summed E-state index contributed by atoms with van der Waals surface area (Å²) in [7, 11) is 0. The Bertz CT molecular complexity index is 924. The number of ether oxygens (including phenoxy) is 1. The number of para-hydroxylation sites is 4. The summed E-state index contributed by atoms with van der Waals surface area (Å²) in [6.07, 6.45) is 1.49. The van der Waals surface area contributed by atoms with Crippen LogP contribution < -0.4 is 15.0 Å². The van der Waals surface area contributed by atoms with Gasteiger partial charge in [-0.05, 0) is 42.3 Å². The van der Waals surface area contributed by atoms with Gasteiger partial charge in [0.2, 0.25) is 5.91 Å². The number of nitrogens with zero attached hydrogens (tertiary/aromatic N) is 1. The molecule has 1 aliphatic rings. The lowest BCUT2D eigenvalue weighted by molar-refractivity contribution is -0.116. The van der Waals surface area contributed by atoms with Crippen LogP contribution >= 0.6 is 0 Å². The summed E-state index contributed by atoms with van der Waals surface area (Å²) < 4.78 is 5.91. The van der Waals surface area contributed by atoms with E-state index in [-0.39, 0.29) is 5.91 Å². The van der Waals surface area contributed by atoms with E-state index in [1.54, 1.807) is 0 Å². The van der Waals surface area contributed by atoms with Crippen LogP contribution in [0.2, 0.25) is 0 Å². The first kappa shape index (κ1) is 17.2. The molecule has 3 aromatic carbocycles. The molecule has 0 saturated heterocycles.